The number of carbonyl (C=O) groups is 1. The minimum atomic E-state index is -0.288. The van der Waals surface area contributed by atoms with E-state index >= 15 is 0 Å². The zero-order valence-electron chi connectivity index (χ0n) is 9.84. The Morgan fingerprint density at radius 3 is 2.89 bits per heavy atom. The van der Waals surface area contributed by atoms with E-state index in [1.54, 1.807) is 24.5 Å². The van der Waals surface area contributed by atoms with Gasteiger partial charge in [0, 0.05) is 5.56 Å². The molecule has 1 aromatic carbocycles. The Morgan fingerprint density at radius 1 is 1.44 bits per heavy atom. The van der Waals surface area contributed by atoms with Gasteiger partial charge in [-0.3, -0.25) is 4.79 Å². The smallest absolute Gasteiger partial charge is 0.251 e. The average molecular weight is 247 g/mol. The minimum absolute atomic E-state index is 0.0665. The van der Waals surface area contributed by atoms with Crippen molar-refractivity contribution in [2.24, 2.45) is 0 Å². The van der Waals surface area contributed by atoms with Crippen LogP contribution in [0.3, 0.4) is 0 Å². The van der Waals surface area contributed by atoms with Crippen molar-refractivity contribution in [3.8, 4) is 11.5 Å². The van der Waals surface area contributed by atoms with E-state index in [0.717, 1.165) is 0 Å². The number of carbonyl (C=O) groups excluding carboxylic acids is 1. The highest BCUT2D eigenvalue weighted by Crippen LogP contribution is 2.26. The maximum Gasteiger partial charge on any atom is 0.251 e. The molecule has 0 atom stereocenters. The topological polar surface area (TPSA) is 71.7 Å². The highest BCUT2D eigenvalue weighted by atomic mass is 16.5. The summed E-state index contributed by atoms with van der Waals surface area (Å²) >= 11 is 0. The van der Waals surface area contributed by atoms with Crippen molar-refractivity contribution in [1.82, 2.24) is 5.32 Å². The van der Waals surface area contributed by atoms with E-state index in [2.05, 4.69) is 5.32 Å². The van der Waals surface area contributed by atoms with Gasteiger partial charge < -0.3 is 19.6 Å². The van der Waals surface area contributed by atoms with Gasteiger partial charge in [0.2, 0.25) is 0 Å². The number of benzene rings is 1. The molecule has 5 heteroatoms. The molecule has 0 aliphatic rings. The van der Waals surface area contributed by atoms with E-state index in [9.17, 15) is 9.90 Å². The van der Waals surface area contributed by atoms with Gasteiger partial charge in [0.05, 0.1) is 19.9 Å². The lowest BCUT2D eigenvalue weighted by Crippen LogP contribution is -2.22. The first-order valence-corrected chi connectivity index (χ1v) is 5.38. The molecule has 18 heavy (non-hydrogen) atoms. The Kier molecular flexibility index (Phi) is 3.52. The molecule has 1 aromatic heterocycles. The molecule has 0 radical (unpaired) electrons. The molecule has 2 N–H and O–H groups in total. The Hall–Kier alpha value is -2.43. The first-order chi connectivity index (χ1) is 8.70. The van der Waals surface area contributed by atoms with Crippen LogP contribution in [0.5, 0.6) is 11.5 Å². The normalized spacial score (nSPS) is 10.1. The van der Waals surface area contributed by atoms with Gasteiger partial charge in [-0.2, -0.15) is 0 Å². The highest BCUT2D eigenvalue weighted by molar-refractivity contribution is 5.94. The quantitative estimate of drug-likeness (QED) is 0.865. The third kappa shape index (κ3) is 2.63. The van der Waals surface area contributed by atoms with Crippen molar-refractivity contribution in [1.29, 1.82) is 0 Å². The van der Waals surface area contributed by atoms with Crippen LogP contribution in [0.1, 0.15) is 16.1 Å². The molecule has 0 bridgehead atoms. The zero-order chi connectivity index (χ0) is 13.0. The van der Waals surface area contributed by atoms with Gasteiger partial charge in [-0.1, -0.05) is 0 Å². The number of phenols is 1. The predicted octanol–water partition coefficient (Wildman–Crippen LogP) is 1.92. The molecule has 2 rings (SSSR count). The summed E-state index contributed by atoms with van der Waals surface area (Å²) in [6.45, 7) is 0.304. The lowest BCUT2D eigenvalue weighted by atomic mass is 10.2. The third-order valence-corrected chi connectivity index (χ3v) is 2.44. The first-order valence-electron chi connectivity index (χ1n) is 5.38. The Balaban J connectivity index is 2.02. The monoisotopic (exact) mass is 247 g/mol. The second-order valence-electron chi connectivity index (χ2n) is 3.65. The van der Waals surface area contributed by atoms with Gasteiger partial charge >= 0.3 is 0 Å². The van der Waals surface area contributed by atoms with Crippen molar-refractivity contribution < 1.29 is 19.1 Å². The number of hydrogen-bond acceptors (Lipinski definition) is 4. The molecule has 94 valence electrons. The summed E-state index contributed by atoms with van der Waals surface area (Å²) < 4.78 is 10.00. The average Bonchev–Trinajstić information content (AvgIpc) is 2.89. The largest absolute Gasteiger partial charge is 0.504 e. The molecule has 5 nitrogen and oxygen atoms in total. The van der Waals surface area contributed by atoms with Gasteiger partial charge in [-0.25, -0.2) is 0 Å². The summed E-state index contributed by atoms with van der Waals surface area (Å²) in [5.41, 5.74) is 0.361. The summed E-state index contributed by atoms with van der Waals surface area (Å²) in [4.78, 5) is 11.8. The number of rotatable bonds is 4. The number of amides is 1. The van der Waals surface area contributed by atoms with Crippen molar-refractivity contribution in [2.45, 2.75) is 6.54 Å². The standard InChI is InChI=1S/C13H13NO4/c1-17-12-5-4-9(7-11(12)15)13(16)14-8-10-3-2-6-18-10/h2-7,15H,8H2,1H3,(H,14,16). The summed E-state index contributed by atoms with van der Waals surface area (Å²) in [5.74, 6) is 0.645. The summed E-state index contributed by atoms with van der Waals surface area (Å²) in [5, 5.41) is 12.3. The van der Waals surface area contributed by atoms with Crippen LogP contribution in [0.4, 0.5) is 0 Å². The van der Waals surface area contributed by atoms with Crippen LogP contribution >= 0.6 is 0 Å². The maximum atomic E-state index is 11.8. The van der Waals surface area contributed by atoms with E-state index in [-0.39, 0.29) is 11.7 Å². The van der Waals surface area contributed by atoms with Crippen LogP contribution < -0.4 is 10.1 Å². The lowest BCUT2D eigenvalue weighted by molar-refractivity contribution is 0.0947. The van der Waals surface area contributed by atoms with Crippen LogP contribution in [-0.4, -0.2) is 18.1 Å². The summed E-state index contributed by atoms with van der Waals surface area (Å²) in [6, 6.07) is 8.00. The lowest BCUT2D eigenvalue weighted by Gasteiger charge is -2.06. The first kappa shape index (κ1) is 12.0. The van der Waals surface area contributed by atoms with E-state index in [1.807, 2.05) is 0 Å². The van der Waals surface area contributed by atoms with Crippen LogP contribution in [0.15, 0.2) is 41.0 Å². The number of phenolic OH excluding ortho intramolecular Hbond substituents is 1. The van der Waals surface area contributed by atoms with Gasteiger partial charge in [0.25, 0.3) is 5.91 Å². The maximum absolute atomic E-state index is 11.8. The zero-order valence-corrected chi connectivity index (χ0v) is 9.84. The van der Waals surface area contributed by atoms with E-state index in [4.69, 9.17) is 9.15 Å². The Bertz CT molecular complexity index is 534. The number of aromatic hydroxyl groups is 1. The molecule has 0 unspecified atom stereocenters. The molecule has 0 fully saturated rings. The second-order valence-corrected chi connectivity index (χ2v) is 3.65. The van der Waals surface area contributed by atoms with E-state index in [1.165, 1.54) is 19.2 Å². The Morgan fingerprint density at radius 2 is 2.28 bits per heavy atom. The van der Waals surface area contributed by atoms with Crippen LogP contribution in [-0.2, 0) is 6.54 Å². The fourth-order valence-corrected chi connectivity index (χ4v) is 1.51. The molecule has 2 aromatic rings. The minimum Gasteiger partial charge on any atom is -0.504 e. The summed E-state index contributed by atoms with van der Waals surface area (Å²) in [7, 11) is 1.45. The fourth-order valence-electron chi connectivity index (χ4n) is 1.51. The van der Waals surface area contributed by atoms with Gasteiger partial charge in [-0.05, 0) is 30.3 Å². The van der Waals surface area contributed by atoms with Gasteiger partial charge in [0.15, 0.2) is 11.5 Å². The van der Waals surface area contributed by atoms with E-state index in [0.29, 0.717) is 23.6 Å². The molecular weight excluding hydrogens is 234 g/mol. The summed E-state index contributed by atoms with van der Waals surface area (Å²) in [6.07, 6.45) is 1.54. The number of methoxy groups -OCH3 is 1. The number of hydrogen-bond donors (Lipinski definition) is 2. The van der Waals surface area contributed by atoms with Crippen molar-refractivity contribution >= 4 is 5.91 Å². The molecule has 1 heterocycles. The van der Waals surface area contributed by atoms with Crippen LogP contribution in [0.25, 0.3) is 0 Å². The van der Waals surface area contributed by atoms with Crippen molar-refractivity contribution in [2.75, 3.05) is 7.11 Å². The molecule has 0 saturated carbocycles. The molecule has 0 spiro atoms. The van der Waals surface area contributed by atoms with Gasteiger partial charge in [0.1, 0.15) is 5.76 Å². The van der Waals surface area contributed by atoms with Crippen molar-refractivity contribution in [3.05, 3.63) is 47.9 Å². The molecule has 0 aliphatic heterocycles. The van der Waals surface area contributed by atoms with Crippen LogP contribution in [0.2, 0.25) is 0 Å². The van der Waals surface area contributed by atoms with E-state index < -0.39 is 0 Å². The number of furan rings is 1. The number of nitrogens with one attached hydrogen (secondary N) is 1. The SMILES string of the molecule is COc1ccc(C(=O)NCc2ccco2)cc1O. The molecule has 0 aliphatic carbocycles. The second kappa shape index (κ2) is 5.27. The predicted molar refractivity (Wildman–Crippen MR) is 64.5 cm³/mol. The molecular formula is C13H13NO4. The molecule has 0 saturated heterocycles. The fraction of sp³-hybridized carbons (Fsp3) is 0.154. The van der Waals surface area contributed by atoms with Crippen LogP contribution in [0, 0.1) is 0 Å². The third-order valence-electron chi connectivity index (χ3n) is 2.44. The van der Waals surface area contributed by atoms with Crippen molar-refractivity contribution in [3.63, 3.8) is 0 Å². The highest BCUT2D eigenvalue weighted by Gasteiger charge is 2.09. The van der Waals surface area contributed by atoms with Gasteiger partial charge in [-0.15, -0.1) is 0 Å². The number of ether oxygens (including phenoxy) is 1. The Labute approximate surface area is 104 Å². The molecule has 1 amide bonds.